The number of nitrogens with one attached hydrogen (secondary N) is 1. The molecule has 0 aromatic heterocycles. The molecule has 1 N–H and O–H groups in total. The lowest BCUT2D eigenvalue weighted by atomic mass is 10.1. The van der Waals surface area contributed by atoms with Crippen molar-refractivity contribution < 1.29 is 0 Å². The molecule has 0 saturated heterocycles. The van der Waals surface area contributed by atoms with E-state index in [0.29, 0.717) is 10.0 Å². The highest BCUT2D eigenvalue weighted by Crippen LogP contribution is 2.30. The Bertz CT molecular complexity index is 562. The monoisotopic (exact) mass is 279 g/mol. The van der Waals surface area contributed by atoms with Gasteiger partial charge in [-0.3, -0.25) is 0 Å². The molecule has 1 nitrogen and oxygen atoms in total. The first-order valence-electron chi connectivity index (χ1n) is 5.82. The van der Waals surface area contributed by atoms with Crippen LogP contribution in [0, 0.1) is 13.8 Å². The van der Waals surface area contributed by atoms with Crippen molar-refractivity contribution in [2.75, 3.05) is 5.32 Å². The van der Waals surface area contributed by atoms with Gasteiger partial charge in [0.05, 0.1) is 15.7 Å². The Morgan fingerprint density at radius 1 is 1.06 bits per heavy atom. The molecule has 0 atom stereocenters. The summed E-state index contributed by atoms with van der Waals surface area (Å²) in [6.45, 7) is 4.94. The molecule has 0 amide bonds. The van der Waals surface area contributed by atoms with Gasteiger partial charge in [0.25, 0.3) is 0 Å². The van der Waals surface area contributed by atoms with E-state index in [9.17, 15) is 0 Å². The molecule has 0 spiro atoms. The second kappa shape index (κ2) is 5.64. The molecule has 0 unspecified atom stereocenters. The van der Waals surface area contributed by atoms with Crippen LogP contribution in [0.5, 0.6) is 0 Å². The van der Waals surface area contributed by atoms with Crippen molar-refractivity contribution in [3.8, 4) is 0 Å². The van der Waals surface area contributed by atoms with E-state index in [2.05, 4.69) is 37.4 Å². The van der Waals surface area contributed by atoms with Crippen LogP contribution in [0.15, 0.2) is 36.4 Å². The smallest absolute Gasteiger partial charge is 0.0823 e. The predicted octanol–water partition coefficient (Wildman–Crippen LogP) is 5.22. The lowest BCUT2D eigenvalue weighted by Gasteiger charge is -2.11. The summed E-state index contributed by atoms with van der Waals surface area (Å²) in [5.74, 6) is 0. The molecule has 0 fully saturated rings. The minimum absolute atomic E-state index is 0.572. The highest BCUT2D eigenvalue weighted by Gasteiger charge is 2.04. The second-order valence-corrected chi connectivity index (χ2v) is 5.17. The van der Waals surface area contributed by atoms with Gasteiger partial charge in [-0.05, 0) is 37.1 Å². The maximum absolute atomic E-state index is 6.14. The molecular formula is C15H15Cl2N. The minimum Gasteiger partial charge on any atom is -0.380 e. The molecule has 0 aliphatic heterocycles. The van der Waals surface area contributed by atoms with Gasteiger partial charge in [0.2, 0.25) is 0 Å². The Hall–Kier alpha value is -1.18. The zero-order chi connectivity index (χ0) is 13.1. The van der Waals surface area contributed by atoms with Crippen molar-refractivity contribution in [3.63, 3.8) is 0 Å². The molecule has 0 bridgehead atoms. The quantitative estimate of drug-likeness (QED) is 0.812. The van der Waals surface area contributed by atoms with Gasteiger partial charge in [-0.1, -0.05) is 53.0 Å². The van der Waals surface area contributed by atoms with Gasteiger partial charge in [-0.2, -0.15) is 0 Å². The molecule has 3 heteroatoms. The average Bonchev–Trinajstić information content (AvgIpc) is 2.35. The van der Waals surface area contributed by atoms with E-state index in [1.54, 1.807) is 6.07 Å². The predicted molar refractivity (Wildman–Crippen MR) is 79.7 cm³/mol. The van der Waals surface area contributed by atoms with Crippen LogP contribution in [0.1, 0.15) is 16.7 Å². The van der Waals surface area contributed by atoms with Crippen molar-refractivity contribution in [2.24, 2.45) is 0 Å². The van der Waals surface area contributed by atoms with Gasteiger partial charge in [0, 0.05) is 6.54 Å². The molecule has 18 heavy (non-hydrogen) atoms. The van der Waals surface area contributed by atoms with E-state index < -0.39 is 0 Å². The molecule has 0 aliphatic carbocycles. The Balaban J connectivity index is 2.16. The largest absolute Gasteiger partial charge is 0.380 e. The van der Waals surface area contributed by atoms with Crippen molar-refractivity contribution >= 4 is 28.9 Å². The van der Waals surface area contributed by atoms with Crippen LogP contribution < -0.4 is 5.32 Å². The topological polar surface area (TPSA) is 12.0 Å². The molecular weight excluding hydrogens is 265 g/mol. The number of rotatable bonds is 3. The van der Waals surface area contributed by atoms with Crippen molar-refractivity contribution in [1.82, 2.24) is 0 Å². The molecule has 0 aliphatic rings. The van der Waals surface area contributed by atoms with Crippen LogP contribution in [0.3, 0.4) is 0 Å². The first-order valence-corrected chi connectivity index (χ1v) is 6.57. The summed E-state index contributed by atoms with van der Waals surface area (Å²) < 4.78 is 0. The van der Waals surface area contributed by atoms with Crippen molar-refractivity contribution in [1.29, 1.82) is 0 Å². The third-order valence-electron chi connectivity index (χ3n) is 2.93. The minimum atomic E-state index is 0.572. The fourth-order valence-corrected chi connectivity index (χ4v) is 2.19. The van der Waals surface area contributed by atoms with Crippen LogP contribution in [0.4, 0.5) is 5.69 Å². The summed E-state index contributed by atoms with van der Waals surface area (Å²) in [5.41, 5.74) is 4.66. The Morgan fingerprint density at radius 3 is 2.61 bits per heavy atom. The zero-order valence-corrected chi connectivity index (χ0v) is 11.9. The van der Waals surface area contributed by atoms with Crippen LogP contribution in [0.2, 0.25) is 10.0 Å². The summed E-state index contributed by atoms with van der Waals surface area (Å²) in [6, 6.07) is 12.0. The second-order valence-electron chi connectivity index (χ2n) is 4.38. The fraction of sp³-hybridized carbons (Fsp3) is 0.200. The molecule has 2 aromatic rings. The van der Waals surface area contributed by atoms with Gasteiger partial charge >= 0.3 is 0 Å². The van der Waals surface area contributed by atoms with Crippen LogP contribution in [0.25, 0.3) is 0 Å². The highest BCUT2D eigenvalue weighted by atomic mass is 35.5. The standard InChI is InChI=1S/C15H15Cl2N/c1-10-6-7-11(2)12(8-10)9-18-14-5-3-4-13(16)15(14)17/h3-8,18H,9H2,1-2H3. The number of hydrogen-bond donors (Lipinski definition) is 1. The maximum atomic E-state index is 6.14. The number of benzene rings is 2. The molecule has 94 valence electrons. The third-order valence-corrected chi connectivity index (χ3v) is 3.74. The van der Waals surface area contributed by atoms with Gasteiger partial charge in [0.15, 0.2) is 0 Å². The lowest BCUT2D eigenvalue weighted by Crippen LogP contribution is -2.02. The summed E-state index contributed by atoms with van der Waals surface area (Å²) in [4.78, 5) is 0. The van der Waals surface area contributed by atoms with E-state index in [0.717, 1.165) is 12.2 Å². The Morgan fingerprint density at radius 2 is 1.83 bits per heavy atom. The first-order chi connectivity index (χ1) is 8.58. The molecule has 0 saturated carbocycles. The average molecular weight is 280 g/mol. The van der Waals surface area contributed by atoms with E-state index in [4.69, 9.17) is 23.2 Å². The van der Waals surface area contributed by atoms with E-state index in [-0.39, 0.29) is 0 Å². The van der Waals surface area contributed by atoms with E-state index in [1.807, 2.05) is 12.1 Å². The van der Waals surface area contributed by atoms with Gasteiger partial charge in [-0.15, -0.1) is 0 Å². The van der Waals surface area contributed by atoms with Crippen LogP contribution >= 0.6 is 23.2 Å². The molecule has 0 radical (unpaired) electrons. The maximum Gasteiger partial charge on any atom is 0.0823 e. The summed E-state index contributed by atoms with van der Waals surface area (Å²) in [7, 11) is 0. The van der Waals surface area contributed by atoms with Gasteiger partial charge < -0.3 is 5.32 Å². The van der Waals surface area contributed by atoms with Crippen LogP contribution in [-0.2, 0) is 6.54 Å². The van der Waals surface area contributed by atoms with Crippen LogP contribution in [-0.4, -0.2) is 0 Å². The fourth-order valence-electron chi connectivity index (χ4n) is 1.82. The first kappa shape index (κ1) is 13.3. The molecule has 0 heterocycles. The number of hydrogen-bond acceptors (Lipinski definition) is 1. The van der Waals surface area contributed by atoms with Crippen molar-refractivity contribution in [2.45, 2.75) is 20.4 Å². The lowest BCUT2D eigenvalue weighted by molar-refractivity contribution is 1.11. The number of aryl methyl sites for hydroxylation is 2. The van der Waals surface area contributed by atoms with Crippen molar-refractivity contribution in [3.05, 3.63) is 63.1 Å². The highest BCUT2D eigenvalue weighted by molar-refractivity contribution is 6.43. The number of halogens is 2. The molecule has 2 aromatic carbocycles. The zero-order valence-electron chi connectivity index (χ0n) is 10.4. The van der Waals surface area contributed by atoms with E-state index >= 15 is 0 Å². The molecule has 2 rings (SSSR count). The SMILES string of the molecule is Cc1ccc(C)c(CNc2cccc(Cl)c2Cl)c1. The summed E-state index contributed by atoms with van der Waals surface area (Å²) in [6.07, 6.45) is 0. The Labute approximate surface area is 118 Å². The summed E-state index contributed by atoms with van der Waals surface area (Å²) in [5, 5.41) is 4.47. The van der Waals surface area contributed by atoms with Gasteiger partial charge in [0.1, 0.15) is 0 Å². The van der Waals surface area contributed by atoms with Gasteiger partial charge in [-0.25, -0.2) is 0 Å². The third kappa shape index (κ3) is 2.98. The normalized spacial score (nSPS) is 10.4. The Kier molecular flexibility index (Phi) is 4.15. The van der Waals surface area contributed by atoms with E-state index in [1.165, 1.54) is 16.7 Å². The summed E-state index contributed by atoms with van der Waals surface area (Å²) >= 11 is 12.1. The number of anilines is 1.